The van der Waals surface area contributed by atoms with Gasteiger partial charge in [-0.25, -0.2) is 0 Å². The van der Waals surface area contributed by atoms with Crippen LogP contribution in [0.5, 0.6) is 0 Å². The van der Waals surface area contributed by atoms with E-state index in [0.29, 0.717) is 11.8 Å². The molecule has 0 radical (unpaired) electrons. The van der Waals surface area contributed by atoms with E-state index in [4.69, 9.17) is 11.6 Å². The molecule has 3 unspecified atom stereocenters. The summed E-state index contributed by atoms with van der Waals surface area (Å²) < 4.78 is 0. The third-order valence-electron chi connectivity index (χ3n) is 3.83. The molecule has 1 aromatic rings. The average molecular weight is 266 g/mol. The normalized spacial score (nSPS) is 25.5. The molecular formula is C15H20ClNO. The van der Waals surface area contributed by atoms with E-state index in [2.05, 4.69) is 5.32 Å². The minimum atomic E-state index is -0.582. The molecule has 0 spiro atoms. The van der Waals surface area contributed by atoms with Crippen molar-refractivity contribution in [2.24, 2.45) is 11.8 Å². The molecule has 1 N–H and O–H groups in total. The monoisotopic (exact) mass is 265 g/mol. The van der Waals surface area contributed by atoms with Crippen molar-refractivity contribution in [3.05, 3.63) is 35.9 Å². The Balaban J connectivity index is 2.24. The van der Waals surface area contributed by atoms with Gasteiger partial charge in [-0.2, -0.15) is 0 Å². The maximum absolute atomic E-state index is 12.7. The highest BCUT2D eigenvalue weighted by molar-refractivity contribution is 6.18. The van der Waals surface area contributed by atoms with Gasteiger partial charge in [0.05, 0.1) is 0 Å². The highest BCUT2D eigenvalue weighted by Crippen LogP contribution is 2.44. The summed E-state index contributed by atoms with van der Waals surface area (Å²) >= 11 is 5.84. The SMILES string of the molecule is CCNC(C)(C(=O)C1CC1CCl)c1ccccc1. The van der Waals surface area contributed by atoms with E-state index >= 15 is 0 Å². The second-order valence-electron chi connectivity index (χ2n) is 5.14. The van der Waals surface area contributed by atoms with Crippen LogP contribution in [0.4, 0.5) is 0 Å². The van der Waals surface area contributed by atoms with Crippen LogP contribution in [-0.4, -0.2) is 18.2 Å². The highest BCUT2D eigenvalue weighted by atomic mass is 35.5. The summed E-state index contributed by atoms with van der Waals surface area (Å²) in [6, 6.07) is 9.95. The van der Waals surface area contributed by atoms with Crippen LogP contribution in [0.3, 0.4) is 0 Å². The van der Waals surface area contributed by atoms with Gasteiger partial charge in [0.25, 0.3) is 0 Å². The number of carbonyl (C=O) groups is 1. The molecule has 18 heavy (non-hydrogen) atoms. The lowest BCUT2D eigenvalue weighted by molar-refractivity contribution is -0.126. The van der Waals surface area contributed by atoms with E-state index in [9.17, 15) is 4.79 Å². The van der Waals surface area contributed by atoms with E-state index in [-0.39, 0.29) is 11.7 Å². The van der Waals surface area contributed by atoms with Crippen molar-refractivity contribution < 1.29 is 4.79 Å². The molecule has 3 heteroatoms. The summed E-state index contributed by atoms with van der Waals surface area (Å²) in [5.41, 5.74) is 0.457. The largest absolute Gasteiger partial charge is 0.302 e. The Morgan fingerprint density at radius 2 is 2.11 bits per heavy atom. The van der Waals surface area contributed by atoms with Crippen molar-refractivity contribution in [2.45, 2.75) is 25.8 Å². The molecule has 2 rings (SSSR count). The molecule has 3 atom stereocenters. The van der Waals surface area contributed by atoms with Gasteiger partial charge in [0, 0.05) is 11.8 Å². The lowest BCUT2D eigenvalue weighted by atomic mass is 9.85. The smallest absolute Gasteiger partial charge is 0.160 e. The van der Waals surface area contributed by atoms with Crippen LogP contribution < -0.4 is 5.32 Å². The predicted molar refractivity (Wildman–Crippen MR) is 74.8 cm³/mol. The summed E-state index contributed by atoms with van der Waals surface area (Å²) in [4.78, 5) is 12.7. The van der Waals surface area contributed by atoms with Crippen LogP contribution in [0.15, 0.2) is 30.3 Å². The molecule has 0 saturated heterocycles. The predicted octanol–water partition coefficient (Wildman–Crippen LogP) is 2.96. The van der Waals surface area contributed by atoms with Gasteiger partial charge in [0.15, 0.2) is 5.78 Å². The number of Topliss-reactive ketones (excluding diaryl/α,β-unsaturated/α-hetero) is 1. The van der Waals surface area contributed by atoms with E-state index < -0.39 is 5.54 Å². The first kappa shape index (κ1) is 13.6. The highest BCUT2D eigenvalue weighted by Gasteiger charge is 2.49. The minimum absolute atomic E-state index is 0.131. The first-order valence-corrected chi connectivity index (χ1v) is 7.07. The molecule has 0 aromatic heterocycles. The molecule has 0 heterocycles. The van der Waals surface area contributed by atoms with Crippen molar-refractivity contribution in [1.29, 1.82) is 0 Å². The van der Waals surface area contributed by atoms with Crippen LogP contribution >= 0.6 is 11.6 Å². The van der Waals surface area contributed by atoms with Crippen LogP contribution in [0.1, 0.15) is 25.8 Å². The molecule has 1 fully saturated rings. The van der Waals surface area contributed by atoms with Gasteiger partial charge in [-0.05, 0) is 31.4 Å². The molecular weight excluding hydrogens is 246 g/mol. The van der Waals surface area contributed by atoms with E-state index in [1.54, 1.807) is 0 Å². The summed E-state index contributed by atoms with van der Waals surface area (Å²) in [5.74, 6) is 1.38. The lowest BCUT2D eigenvalue weighted by Gasteiger charge is -2.30. The summed E-state index contributed by atoms with van der Waals surface area (Å²) in [5, 5.41) is 3.35. The Morgan fingerprint density at radius 3 is 2.61 bits per heavy atom. The number of alkyl halides is 1. The maximum atomic E-state index is 12.7. The van der Waals surface area contributed by atoms with E-state index in [1.807, 2.05) is 44.2 Å². The Kier molecular flexibility index (Phi) is 4.08. The van der Waals surface area contributed by atoms with Crippen LogP contribution in [-0.2, 0) is 10.3 Å². The van der Waals surface area contributed by atoms with Crippen LogP contribution in [0, 0.1) is 11.8 Å². The molecule has 0 aliphatic heterocycles. The zero-order valence-electron chi connectivity index (χ0n) is 10.9. The number of halogens is 1. The summed E-state index contributed by atoms with van der Waals surface area (Å²) in [6.45, 7) is 4.79. The van der Waals surface area contributed by atoms with Gasteiger partial charge in [-0.15, -0.1) is 11.6 Å². The minimum Gasteiger partial charge on any atom is -0.302 e. The van der Waals surface area contributed by atoms with Crippen molar-refractivity contribution in [1.82, 2.24) is 5.32 Å². The van der Waals surface area contributed by atoms with E-state index in [0.717, 1.165) is 18.5 Å². The molecule has 98 valence electrons. The fourth-order valence-corrected chi connectivity index (χ4v) is 2.91. The van der Waals surface area contributed by atoms with E-state index in [1.165, 1.54) is 0 Å². The maximum Gasteiger partial charge on any atom is 0.160 e. The first-order valence-electron chi connectivity index (χ1n) is 6.54. The zero-order valence-corrected chi connectivity index (χ0v) is 11.7. The number of hydrogen-bond acceptors (Lipinski definition) is 2. The molecule has 0 bridgehead atoms. The number of hydrogen-bond donors (Lipinski definition) is 1. The topological polar surface area (TPSA) is 29.1 Å². The Hall–Kier alpha value is -0.860. The standard InChI is InChI=1S/C15H20ClNO/c1-3-17-15(2,12-7-5-4-6-8-12)14(18)13-9-11(13)10-16/h4-8,11,13,17H,3,9-10H2,1-2H3. The van der Waals surface area contributed by atoms with Gasteiger partial charge < -0.3 is 5.32 Å². The fourth-order valence-electron chi connectivity index (χ4n) is 2.57. The Labute approximate surface area is 114 Å². The van der Waals surface area contributed by atoms with Gasteiger partial charge in [-0.1, -0.05) is 37.3 Å². The third-order valence-corrected chi connectivity index (χ3v) is 4.23. The molecule has 0 amide bonds. The number of likely N-dealkylation sites (N-methyl/N-ethyl adjacent to an activating group) is 1. The second-order valence-corrected chi connectivity index (χ2v) is 5.45. The molecule has 2 nitrogen and oxygen atoms in total. The third kappa shape index (κ3) is 2.45. The summed E-state index contributed by atoms with van der Waals surface area (Å²) in [7, 11) is 0. The number of rotatable bonds is 6. The van der Waals surface area contributed by atoms with Crippen molar-refractivity contribution in [2.75, 3.05) is 12.4 Å². The van der Waals surface area contributed by atoms with Gasteiger partial charge >= 0.3 is 0 Å². The van der Waals surface area contributed by atoms with Crippen molar-refractivity contribution in [3.63, 3.8) is 0 Å². The van der Waals surface area contributed by atoms with Gasteiger partial charge in [0.1, 0.15) is 5.54 Å². The quantitative estimate of drug-likeness (QED) is 0.802. The Morgan fingerprint density at radius 1 is 1.44 bits per heavy atom. The fraction of sp³-hybridized carbons (Fsp3) is 0.533. The molecule has 1 aromatic carbocycles. The number of ketones is 1. The van der Waals surface area contributed by atoms with Crippen molar-refractivity contribution in [3.8, 4) is 0 Å². The molecule has 1 aliphatic carbocycles. The van der Waals surface area contributed by atoms with Gasteiger partial charge in [-0.3, -0.25) is 4.79 Å². The number of carbonyl (C=O) groups excluding carboxylic acids is 1. The Bertz CT molecular complexity index is 420. The number of nitrogens with one attached hydrogen (secondary N) is 1. The number of benzene rings is 1. The molecule has 1 saturated carbocycles. The van der Waals surface area contributed by atoms with Crippen molar-refractivity contribution >= 4 is 17.4 Å². The first-order chi connectivity index (χ1) is 8.63. The summed E-state index contributed by atoms with van der Waals surface area (Å²) in [6.07, 6.45) is 0.941. The van der Waals surface area contributed by atoms with Gasteiger partial charge in [0.2, 0.25) is 0 Å². The average Bonchev–Trinajstić information content (AvgIpc) is 3.18. The van der Waals surface area contributed by atoms with Crippen LogP contribution in [0.2, 0.25) is 0 Å². The second kappa shape index (κ2) is 5.41. The van der Waals surface area contributed by atoms with Crippen LogP contribution in [0.25, 0.3) is 0 Å². The lowest BCUT2D eigenvalue weighted by Crippen LogP contribution is -2.47. The molecule has 1 aliphatic rings. The zero-order chi connectivity index (χ0) is 13.2.